The van der Waals surface area contributed by atoms with Crippen LogP contribution in [0.15, 0.2) is 18.2 Å². The van der Waals surface area contributed by atoms with E-state index in [-0.39, 0.29) is 0 Å². The van der Waals surface area contributed by atoms with E-state index in [2.05, 4.69) is 17.9 Å². The van der Waals surface area contributed by atoms with Crippen LogP contribution < -0.4 is 5.73 Å². The van der Waals surface area contributed by atoms with E-state index in [1.807, 2.05) is 12.1 Å². The van der Waals surface area contributed by atoms with Gasteiger partial charge in [0.2, 0.25) is 0 Å². The molecule has 0 aliphatic carbocycles. The van der Waals surface area contributed by atoms with Crippen molar-refractivity contribution in [2.45, 2.75) is 25.9 Å². The predicted octanol–water partition coefficient (Wildman–Crippen LogP) is 2.18. The average Bonchev–Trinajstić information content (AvgIpc) is 2.58. The predicted molar refractivity (Wildman–Crippen MR) is 64.1 cm³/mol. The SMILES string of the molecule is Cc1cccc(Cl)c1CN1CC[C@H](N)C1. The molecule has 2 rings (SSSR count). The molecule has 0 spiro atoms. The van der Waals surface area contributed by atoms with Crippen LogP contribution in [0.25, 0.3) is 0 Å². The highest BCUT2D eigenvalue weighted by Crippen LogP contribution is 2.22. The van der Waals surface area contributed by atoms with Gasteiger partial charge in [-0.2, -0.15) is 0 Å². The van der Waals surface area contributed by atoms with Crippen molar-refractivity contribution in [1.29, 1.82) is 0 Å². The van der Waals surface area contributed by atoms with Gasteiger partial charge in [-0.25, -0.2) is 0 Å². The number of likely N-dealkylation sites (tertiary alicyclic amines) is 1. The van der Waals surface area contributed by atoms with Crippen LogP contribution in [-0.2, 0) is 6.54 Å². The van der Waals surface area contributed by atoms with Crippen LogP contribution in [0, 0.1) is 6.92 Å². The highest BCUT2D eigenvalue weighted by molar-refractivity contribution is 6.31. The molecule has 1 aliphatic rings. The normalized spacial score (nSPS) is 22.2. The van der Waals surface area contributed by atoms with E-state index in [0.717, 1.165) is 31.1 Å². The molecule has 1 aliphatic heterocycles. The third-order valence-electron chi connectivity index (χ3n) is 3.04. The number of hydrogen-bond acceptors (Lipinski definition) is 2. The topological polar surface area (TPSA) is 29.3 Å². The monoisotopic (exact) mass is 224 g/mol. The van der Waals surface area contributed by atoms with Crippen LogP contribution in [-0.4, -0.2) is 24.0 Å². The standard InChI is InChI=1S/C12H17ClN2/c1-9-3-2-4-12(13)11(9)8-15-6-5-10(14)7-15/h2-4,10H,5-8,14H2,1H3/t10-/m0/s1. The summed E-state index contributed by atoms with van der Waals surface area (Å²) in [6.07, 6.45) is 1.10. The Hall–Kier alpha value is -0.570. The highest BCUT2D eigenvalue weighted by atomic mass is 35.5. The van der Waals surface area contributed by atoms with E-state index in [0.29, 0.717) is 6.04 Å². The zero-order chi connectivity index (χ0) is 10.8. The van der Waals surface area contributed by atoms with E-state index < -0.39 is 0 Å². The summed E-state index contributed by atoms with van der Waals surface area (Å²) in [5.74, 6) is 0. The van der Waals surface area contributed by atoms with Gasteiger partial charge in [-0.3, -0.25) is 4.90 Å². The number of rotatable bonds is 2. The Balaban J connectivity index is 2.10. The maximum atomic E-state index is 6.19. The number of halogens is 1. The smallest absolute Gasteiger partial charge is 0.0453 e. The third kappa shape index (κ3) is 2.51. The van der Waals surface area contributed by atoms with Crippen molar-refractivity contribution < 1.29 is 0 Å². The van der Waals surface area contributed by atoms with Gasteiger partial charge in [0.15, 0.2) is 0 Å². The van der Waals surface area contributed by atoms with E-state index in [1.54, 1.807) is 0 Å². The largest absolute Gasteiger partial charge is 0.326 e. The Bertz CT molecular complexity index is 331. The summed E-state index contributed by atoms with van der Waals surface area (Å²) in [6, 6.07) is 6.40. The van der Waals surface area contributed by atoms with Gasteiger partial charge < -0.3 is 5.73 Å². The third-order valence-corrected chi connectivity index (χ3v) is 3.40. The zero-order valence-corrected chi connectivity index (χ0v) is 9.80. The lowest BCUT2D eigenvalue weighted by Crippen LogP contribution is -2.26. The number of nitrogens with two attached hydrogens (primary N) is 1. The van der Waals surface area contributed by atoms with Gasteiger partial charge in [0.1, 0.15) is 0 Å². The summed E-state index contributed by atoms with van der Waals surface area (Å²) < 4.78 is 0. The van der Waals surface area contributed by atoms with E-state index in [1.165, 1.54) is 11.1 Å². The molecule has 2 nitrogen and oxygen atoms in total. The molecule has 0 aromatic heterocycles. The molecule has 0 unspecified atom stereocenters. The summed E-state index contributed by atoms with van der Waals surface area (Å²) in [5.41, 5.74) is 8.39. The highest BCUT2D eigenvalue weighted by Gasteiger charge is 2.20. The molecule has 15 heavy (non-hydrogen) atoms. The average molecular weight is 225 g/mol. The maximum Gasteiger partial charge on any atom is 0.0453 e. The second kappa shape index (κ2) is 4.52. The lowest BCUT2D eigenvalue weighted by Gasteiger charge is -2.17. The Kier molecular flexibility index (Phi) is 3.29. The zero-order valence-electron chi connectivity index (χ0n) is 9.04. The molecule has 82 valence electrons. The molecular weight excluding hydrogens is 208 g/mol. The van der Waals surface area contributed by atoms with E-state index >= 15 is 0 Å². The van der Waals surface area contributed by atoms with Gasteiger partial charge in [0.05, 0.1) is 0 Å². The van der Waals surface area contributed by atoms with Crippen molar-refractivity contribution in [2.75, 3.05) is 13.1 Å². The van der Waals surface area contributed by atoms with Crippen molar-refractivity contribution in [3.63, 3.8) is 0 Å². The molecule has 0 saturated carbocycles. The van der Waals surface area contributed by atoms with Crippen molar-refractivity contribution in [3.05, 3.63) is 34.3 Å². The molecule has 3 heteroatoms. The minimum absolute atomic E-state index is 0.341. The first-order valence-corrected chi connectivity index (χ1v) is 5.76. The first-order chi connectivity index (χ1) is 7.16. The molecule has 2 N–H and O–H groups in total. The summed E-state index contributed by atoms with van der Waals surface area (Å²) >= 11 is 6.19. The molecule has 1 saturated heterocycles. The number of hydrogen-bond donors (Lipinski definition) is 1. The maximum absolute atomic E-state index is 6.19. The van der Waals surface area contributed by atoms with E-state index in [9.17, 15) is 0 Å². The van der Waals surface area contributed by atoms with Gasteiger partial charge >= 0.3 is 0 Å². The minimum Gasteiger partial charge on any atom is -0.326 e. The van der Waals surface area contributed by atoms with Gasteiger partial charge in [0, 0.05) is 30.7 Å². The fraction of sp³-hybridized carbons (Fsp3) is 0.500. The van der Waals surface area contributed by atoms with Crippen LogP contribution in [0.3, 0.4) is 0 Å². The number of nitrogens with zero attached hydrogens (tertiary/aromatic N) is 1. The first-order valence-electron chi connectivity index (χ1n) is 5.39. The number of aryl methyl sites for hydroxylation is 1. The molecule has 0 radical (unpaired) electrons. The molecule has 0 bridgehead atoms. The Morgan fingerprint density at radius 2 is 2.33 bits per heavy atom. The summed E-state index contributed by atoms with van der Waals surface area (Å²) in [4.78, 5) is 2.37. The van der Waals surface area contributed by atoms with Crippen LogP contribution in [0.4, 0.5) is 0 Å². The molecular formula is C12H17ClN2. The summed E-state index contributed by atoms with van der Waals surface area (Å²) in [6.45, 7) is 5.12. The lowest BCUT2D eigenvalue weighted by molar-refractivity contribution is 0.326. The van der Waals surface area contributed by atoms with Crippen molar-refractivity contribution in [1.82, 2.24) is 4.90 Å². The first kappa shape index (κ1) is 10.9. The van der Waals surface area contributed by atoms with Crippen LogP contribution in [0.2, 0.25) is 5.02 Å². The Morgan fingerprint density at radius 3 is 2.93 bits per heavy atom. The van der Waals surface area contributed by atoms with Gasteiger partial charge in [-0.1, -0.05) is 23.7 Å². The van der Waals surface area contributed by atoms with Crippen LogP contribution in [0.1, 0.15) is 17.5 Å². The Labute approximate surface area is 96.0 Å². The van der Waals surface area contributed by atoms with Crippen LogP contribution in [0.5, 0.6) is 0 Å². The second-order valence-electron chi connectivity index (χ2n) is 4.32. The number of benzene rings is 1. The van der Waals surface area contributed by atoms with Crippen LogP contribution >= 0.6 is 11.6 Å². The quantitative estimate of drug-likeness (QED) is 0.835. The fourth-order valence-electron chi connectivity index (χ4n) is 2.10. The van der Waals surface area contributed by atoms with Crippen molar-refractivity contribution in [3.8, 4) is 0 Å². The second-order valence-corrected chi connectivity index (χ2v) is 4.73. The van der Waals surface area contributed by atoms with E-state index in [4.69, 9.17) is 17.3 Å². The Morgan fingerprint density at radius 1 is 1.53 bits per heavy atom. The summed E-state index contributed by atoms with van der Waals surface area (Å²) in [5, 5.41) is 0.871. The molecule has 1 atom stereocenters. The molecule has 1 fully saturated rings. The lowest BCUT2D eigenvalue weighted by atomic mass is 10.1. The van der Waals surface area contributed by atoms with Gasteiger partial charge in [-0.15, -0.1) is 0 Å². The summed E-state index contributed by atoms with van der Waals surface area (Å²) in [7, 11) is 0. The van der Waals surface area contributed by atoms with Gasteiger partial charge in [0.25, 0.3) is 0 Å². The molecule has 1 aromatic rings. The minimum atomic E-state index is 0.341. The van der Waals surface area contributed by atoms with Crippen molar-refractivity contribution >= 4 is 11.6 Å². The van der Waals surface area contributed by atoms with Crippen molar-refractivity contribution in [2.24, 2.45) is 5.73 Å². The van der Waals surface area contributed by atoms with Gasteiger partial charge in [-0.05, 0) is 30.5 Å². The molecule has 1 aromatic carbocycles. The fourth-order valence-corrected chi connectivity index (χ4v) is 2.38. The molecule has 0 amide bonds. The molecule has 1 heterocycles.